The van der Waals surface area contributed by atoms with Gasteiger partial charge in [0.15, 0.2) is 0 Å². The smallest absolute Gasteiger partial charge is 0.274 e. The molecule has 0 bridgehead atoms. The molecule has 1 heterocycles. The second kappa shape index (κ2) is 5.23. The van der Waals surface area contributed by atoms with Gasteiger partial charge < -0.3 is 5.11 Å². The van der Waals surface area contributed by atoms with Crippen LogP contribution in [0.1, 0.15) is 23.7 Å². The largest absolute Gasteiger partial charge is 0.396 e. The second-order valence-electron chi connectivity index (χ2n) is 4.38. The van der Waals surface area contributed by atoms with E-state index in [1.54, 1.807) is 4.68 Å². The number of aliphatic hydroxyl groups is 1. The fraction of sp³-hybridized carbons (Fsp3) is 0.357. The maximum absolute atomic E-state index is 12.3. The highest BCUT2D eigenvalue weighted by Gasteiger charge is 2.13. The molecule has 0 saturated heterocycles. The van der Waals surface area contributed by atoms with Crippen molar-refractivity contribution >= 4 is 0 Å². The molecular weight excluding hydrogens is 228 g/mol. The number of nitrogens with one attached hydrogen (secondary N) is 1. The van der Waals surface area contributed by atoms with Crippen LogP contribution in [0.5, 0.6) is 0 Å². The molecule has 2 rings (SSSR count). The topological polar surface area (TPSA) is 58.0 Å². The first-order chi connectivity index (χ1) is 8.67. The van der Waals surface area contributed by atoms with Gasteiger partial charge in [-0.2, -0.15) is 0 Å². The number of aryl methyl sites for hydroxylation is 2. The Morgan fingerprint density at radius 1 is 1.39 bits per heavy atom. The van der Waals surface area contributed by atoms with E-state index in [9.17, 15) is 4.79 Å². The molecule has 96 valence electrons. The Morgan fingerprint density at radius 2 is 2.17 bits per heavy atom. The number of aromatic amines is 1. The Balaban J connectivity index is 2.55. The molecule has 0 aliphatic heterocycles. The number of hydrogen-bond donors (Lipinski definition) is 2. The lowest BCUT2D eigenvalue weighted by molar-refractivity contribution is 0.299. The molecule has 1 aromatic heterocycles. The standard InChI is InChI=1S/C14H18N2O2/c1-3-13-12(7-8-17)14(18)16(15-13)11-6-4-5-10(2)9-11/h4-6,9,15,17H,3,7-8H2,1-2H3. The molecule has 2 N–H and O–H groups in total. The highest BCUT2D eigenvalue weighted by molar-refractivity contribution is 5.36. The molecule has 1 aromatic carbocycles. The maximum atomic E-state index is 12.3. The van der Waals surface area contributed by atoms with Crippen molar-refractivity contribution in [1.29, 1.82) is 0 Å². The number of H-pyrrole nitrogens is 1. The summed E-state index contributed by atoms with van der Waals surface area (Å²) >= 11 is 0. The third-order valence-corrected chi connectivity index (χ3v) is 3.05. The van der Waals surface area contributed by atoms with Crippen LogP contribution in [0.2, 0.25) is 0 Å². The van der Waals surface area contributed by atoms with Crippen molar-refractivity contribution in [1.82, 2.24) is 9.78 Å². The van der Waals surface area contributed by atoms with Crippen LogP contribution < -0.4 is 5.56 Å². The molecule has 0 saturated carbocycles. The van der Waals surface area contributed by atoms with Crippen LogP contribution >= 0.6 is 0 Å². The van der Waals surface area contributed by atoms with E-state index in [1.807, 2.05) is 38.1 Å². The molecular formula is C14H18N2O2. The van der Waals surface area contributed by atoms with Gasteiger partial charge in [-0.1, -0.05) is 19.1 Å². The van der Waals surface area contributed by atoms with Crippen LogP contribution in [0.4, 0.5) is 0 Å². The third kappa shape index (κ3) is 2.24. The highest BCUT2D eigenvalue weighted by atomic mass is 16.3. The van der Waals surface area contributed by atoms with Gasteiger partial charge in [0.05, 0.1) is 5.69 Å². The average Bonchev–Trinajstić information content (AvgIpc) is 2.67. The van der Waals surface area contributed by atoms with Crippen molar-refractivity contribution in [2.45, 2.75) is 26.7 Å². The van der Waals surface area contributed by atoms with Gasteiger partial charge in [0, 0.05) is 24.3 Å². The maximum Gasteiger partial charge on any atom is 0.274 e. The molecule has 0 radical (unpaired) electrons. The first-order valence-electron chi connectivity index (χ1n) is 6.18. The number of nitrogens with zero attached hydrogens (tertiary/aromatic N) is 1. The minimum Gasteiger partial charge on any atom is -0.396 e. The van der Waals surface area contributed by atoms with E-state index < -0.39 is 0 Å². The molecule has 4 heteroatoms. The molecule has 2 aromatic rings. The number of rotatable bonds is 4. The van der Waals surface area contributed by atoms with Crippen LogP contribution in [-0.4, -0.2) is 21.5 Å². The van der Waals surface area contributed by atoms with Crippen molar-refractivity contribution in [2.75, 3.05) is 6.61 Å². The fourth-order valence-electron chi connectivity index (χ4n) is 2.13. The molecule has 0 aliphatic carbocycles. The monoisotopic (exact) mass is 246 g/mol. The van der Waals surface area contributed by atoms with Crippen LogP contribution in [0.15, 0.2) is 29.1 Å². The summed E-state index contributed by atoms with van der Waals surface area (Å²) in [6.07, 6.45) is 1.15. The predicted molar refractivity (Wildman–Crippen MR) is 71.3 cm³/mol. The van der Waals surface area contributed by atoms with E-state index in [-0.39, 0.29) is 12.2 Å². The van der Waals surface area contributed by atoms with Crippen molar-refractivity contribution in [3.05, 3.63) is 51.4 Å². The Morgan fingerprint density at radius 3 is 2.78 bits per heavy atom. The van der Waals surface area contributed by atoms with Crippen molar-refractivity contribution in [2.24, 2.45) is 0 Å². The minimum absolute atomic E-state index is 0.00604. The zero-order chi connectivity index (χ0) is 13.1. The van der Waals surface area contributed by atoms with Crippen LogP contribution in [-0.2, 0) is 12.8 Å². The van der Waals surface area contributed by atoms with Gasteiger partial charge in [0.2, 0.25) is 0 Å². The van der Waals surface area contributed by atoms with Crippen LogP contribution in [0.25, 0.3) is 5.69 Å². The van der Waals surface area contributed by atoms with E-state index in [2.05, 4.69) is 5.10 Å². The number of benzene rings is 1. The zero-order valence-electron chi connectivity index (χ0n) is 10.7. The lowest BCUT2D eigenvalue weighted by atomic mass is 10.1. The normalized spacial score (nSPS) is 10.8. The number of aromatic nitrogens is 2. The van der Waals surface area contributed by atoms with E-state index >= 15 is 0 Å². The molecule has 0 fully saturated rings. The van der Waals surface area contributed by atoms with Gasteiger partial charge in [-0.15, -0.1) is 0 Å². The summed E-state index contributed by atoms with van der Waals surface area (Å²) in [6.45, 7) is 3.98. The zero-order valence-corrected chi connectivity index (χ0v) is 10.7. The third-order valence-electron chi connectivity index (χ3n) is 3.05. The Hall–Kier alpha value is -1.81. The van der Waals surface area contributed by atoms with Crippen molar-refractivity contribution in [3.63, 3.8) is 0 Å². The van der Waals surface area contributed by atoms with Gasteiger partial charge >= 0.3 is 0 Å². The lowest BCUT2D eigenvalue weighted by Crippen LogP contribution is -2.18. The fourth-order valence-corrected chi connectivity index (χ4v) is 2.13. The SMILES string of the molecule is CCc1[nH]n(-c2cccc(C)c2)c(=O)c1CCO. The van der Waals surface area contributed by atoms with Gasteiger partial charge in [-0.25, -0.2) is 4.68 Å². The van der Waals surface area contributed by atoms with Gasteiger partial charge in [0.1, 0.15) is 0 Å². The lowest BCUT2D eigenvalue weighted by Gasteiger charge is -2.02. The molecule has 0 spiro atoms. The summed E-state index contributed by atoms with van der Waals surface area (Å²) in [5.41, 5.74) is 3.46. The molecule has 4 nitrogen and oxygen atoms in total. The predicted octanol–water partition coefficient (Wildman–Crippen LogP) is 1.57. The van der Waals surface area contributed by atoms with E-state index in [4.69, 9.17) is 5.11 Å². The molecule has 0 amide bonds. The Kier molecular flexibility index (Phi) is 3.67. The Labute approximate surface area is 106 Å². The second-order valence-corrected chi connectivity index (χ2v) is 4.38. The van der Waals surface area contributed by atoms with E-state index in [0.29, 0.717) is 12.0 Å². The first kappa shape index (κ1) is 12.6. The Bertz CT molecular complexity index is 596. The summed E-state index contributed by atoms with van der Waals surface area (Å²) in [6, 6.07) is 7.77. The molecule has 0 unspecified atom stereocenters. The highest BCUT2D eigenvalue weighted by Crippen LogP contribution is 2.10. The summed E-state index contributed by atoms with van der Waals surface area (Å²) in [4.78, 5) is 12.3. The molecule has 0 aliphatic rings. The summed E-state index contributed by atoms with van der Waals surface area (Å²) in [5.74, 6) is 0. The minimum atomic E-state index is -0.0634. The van der Waals surface area contributed by atoms with E-state index in [1.165, 1.54) is 0 Å². The first-order valence-corrected chi connectivity index (χ1v) is 6.18. The summed E-state index contributed by atoms with van der Waals surface area (Å²) < 4.78 is 1.55. The van der Waals surface area contributed by atoms with E-state index in [0.717, 1.165) is 23.4 Å². The van der Waals surface area contributed by atoms with Crippen LogP contribution in [0, 0.1) is 6.92 Å². The van der Waals surface area contributed by atoms with Gasteiger partial charge in [-0.05, 0) is 31.0 Å². The average molecular weight is 246 g/mol. The summed E-state index contributed by atoms with van der Waals surface area (Å²) in [5, 5.41) is 12.1. The number of aliphatic hydroxyl groups excluding tert-OH is 1. The van der Waals surface area contributed by atoms with Crippen molar-refractivity contribution < 1.29 is 5.11 Å². The van der Waals surface area contributed by atoms with Gasteiger partial charge in [-0.3, -0.25) is 9.89 Å². The van der Waals surface area contributed by atoms with Crippen LogP contribution in [0.3, 0.4) is 0 Å². The quantitative estimate of drug-likeness (QED) is 0.860. The molecule has 18 heavy (non-hydrogen) atoms. The summed E-state index contributed by atoms with van der Waals surface area (Å²) in [7, 11) is 0. The van der Waals surface area contributed by atoms with Gasteiger partial charge in [0.25, 0.3) is 5.56 Å². The van der Waals surface area contributed by atoms with Crippen molar-refractivity contribution in [3.8, 4) is 5.69 Å². The molecule has 0 atom stereocenters. The number of hydrogen-bond acceptors (Lipinski definition) is 2.